The van der Waals surface area contributed by atoms with Gasteiger partial charge in [0, 0.05) is 19.0 Å². The Bertz CT molecular complexity index is 1280. The number of aryl methyl sites for hydroxylation is 1. The summed E-state index contributed by atoms with van der Waals surface area (Å²) in [6.45, 7) is 3.57. The number of hydrogen-bond acceptors (Lipinski definition) is 4. The number of carbonyl (C=O) groups is 2. The van der Waals surface area contributed by atoms with Gasteiger partial charge in [0.05, 0.1) is 11.9 Å². The zero-order chi connectivity index (χ0) is 24.9. The summed E-state index contributed by atoms with van der Waals surface area (Å²) in [6.07, 6.45) is 1.48. The molecule has 3 rings (SSSR count). The summed E-state index contributed by atoms with van der Waals surface area (Å²) in [5.41, 5.74) is 2.33. The SMILES string of the molecule is CC[C@@H](C(=O)NC)N(Cc1cccc(C)c1)C(=O)CN(c1cccc2ccccc12)S(C)(=O)=O. The van der Waals surface area contributed by atoms with Crippen LogP contribution in [0, 0.1) is 6.92 Å². The number of amides is 2. The molecule has 2 amide bonds. The molecule has 7 nitrogen and oxygen atoms in total. The highest BCUT2D eigenvalue weighted by molar-refractivity contribution is 7.92. The van der Waals surface area contributed by atoms with Crippen LogP contribution >= 0.6 is 0 Å². The first-order valence-electron chi connectivity index (χ1n) is 11.2. The van der Waals surface area contributed by atoms with Crippen molar-refractivity contribution in [1.29, 1.82) is 0 Å². The quantitative estimate of drug-likeness (QED) is 0.507. The maximum atomic E-state index is 13.7. The lowest BCUT2D eigenvalue weighted by Crippen LogP contribution is -2.51. The molecule has 0 aliphatic carbocycles. The second-order valence-corrected chi connectivity index (χ2v) is 10.2. The van der Waals surface area contributed by atoms with Gasteiger partial charge in [0.1, 0.15) is 12.6 Å². The Morgan fingerprint density at radius 1 is 1.00 bits per heavy atom. The predicted octanol–water partition coefficient (Wildman–Crippen LogP) is 3.47. The highest BCUT2D eigenvalue weighted by Crippen LogP contribution is 2.28. The summed E-state index contributed by atoms with van der Waals surface area (Å²) >= 11 is 0. The van der Waals surface area contributed by atoms with Crippen molar-refractivity contribution in [1.82, 2.24) is 10.2 Å². The fourth-order valence-electron chi connectivity index (χ4n) is 4.11. The molecule has 34 heavy (non-hydrogen) atoms. The maximum absolute atomic E-state index is 13.7. The van der Waals surface area contributed by atoms with E-state index in [0.717, 1.165) is 32.5 Å². The highest BCUT2D eigenvalue weighted by atomic mass is 32.2. The molecule has 1 N–H and O–H groups in total. The minimum absolute atomic E-state index is 0.194. The molecule has 8 heteroatoms. The molecule has 0 aliphatic rings. The van der Waals surface area contributed by atoms with Crippen LogP contribution in [0.4, 0.5) is 5.69 Å². The van der Waals surface area contributed by atoms with Gasteiger partial charge in [-0.15, -0.1) is 0 Å². The number of sulfonamides is 1. The molecule has 180 valence electrons. The molecule has 0 aliphatic heterocycles. The fraction of sp³-hybridized carbons (Fsp3) is 0.308. The lowest BCUT2D eigenvalue weighted by atomic mass is 10.1. The average molecular weight is 482 g/mol. The molecular weight excluding hydrogens is 450 g/mol. The maximum Gasteiger partial charge on any atom is 0.244 e. The van der Waals surface area contributed by atoms with Crippen LogP contribution < -0.4 is 9.62 Å². The number of fused-ring (bicyclic) bond motifs is 1. The molecule has 3 aromatic rings. The summed E-state index contributed by atoms with van der Waals surface area (Å²) in [5.74, 6) is -0.741. The Morgan fingerprint density at radius 3 is 2.32 bits per heavy atom. The molecule has 0 saturated heterocycles. The number of likely N-dealkylation sites (N-methyl/N-ethyl adjacent to an activating group) is 1. The van der Waals surface area contributed by atoms with E-state index in [1.54, 1.807) is 12.1 Å². The van der Waals surface area contributed by atoms with Gasteiger partial charge in [-0.05, 0) is 30.4 Å². The summed E-state index contributed by atoms with van der Waals surface area (Å²) in [5, 5.41) is 4.22. The van der Waals surface area contributed by atoms with Crippen LogP contribution in [-0.4, -0.2) is 51.0 Å². The van der Waals surface area contributed by atoms with E-state index in [1.807, 2.05) is 68.4 Å². The van der Waals surface area contributed by atoms with E-state index in [1.165, 1.54) is 11.9 Å². The van der Waals surface area contributed by atoms with Crippen LogP contribution in [0.5, 0.6) is 0 Å². The number of benzene rings is 3. The van der Waals surface area contributed by atoms with Crippen molar-refractivity contribution < 1.29 is 18.0 Å². The lowest BCUT2D eigenvalue weighted by Gasteiger charge is -2.33. The van der Waals surface area contributed by atoms with Crippen molar-refractivity contribution in [3.05, 3.63) is 77.9 Å². The Balaban J connectivity index is 2.03. The number of nitrogens with zero attached hydrogens (tertiary/aromatic N) is 2. The molecule has 1 atom stereocenters. The highest BCUT2D eigenvalue weighted by Gasteiger charge is 2.31. The molecule has 0 saturated carbocycles. The summed E-state index contributed by atoms with van der Waals surface area (Å²) in [4.78, 5) is 27.8. The van der Waals surface area contributed by atoms with Crippen molar-refractivity contribution in [3.63, 3.8) is 0 Å². The number of anilines is 1. The molecular formula is C26H31N3O4S. The second-order valence-electron chi connectivity index (χ2n) is 8.32. The standard InChI is InChI=1S/C26H31N3O4S/c1-5-23(26(31)27-3)28(17-20-11-8-10-19(2)16-20)25(30)18-29(34(4,32)33)24-15-9-13-21-12-6-7-14-22(21)24/h6-16,23H,5,17-18H2,1-4H3,(H,27,31)/t23-/m0/s1. The topological polar surface area (TPSA) is 86.8 Å². The molecule has 0 heterocycles. The minimum Gasteiger partial charge on any atom is -0.357 e. The van der Waals surface area contributed by atoms with Gasteiger partial charge in [0.15, 0.2) is 0 Å². The van der Waals surface area contributed by atoms with E-state index < -0.39 is 28.5 Å². The first-order chi connectivity index (χ1) is 16.2. The van der Waals surface area contributed by atoms with E-state index in [2.05, 4.69) is 5.32 Å². The van der Waals surface area contributed by atoms with Crippen molar-refractivity contribution in [2.24, 2.45) is 0 Å². The van der Waals surface area contributed by atoms with Crippen LogP contribution in [0.15, 0.2) is 66.7 Å². The Morgan fingerprint density at radius 2 is 1.68 bits per heavy atom. The summed E-state index contributed by atoms with van der Waals surface area (Å²) in [7, 11) is -2.26. The Kier molecular flexibility index (Phi) is 7.94. The monoisotopic (exact) mass is 481 g/mol. The lowest BCUT2D eigenvalue weighted by molar-refractivity contribution is -0.140. The van der Waals surface area contributed by atoms with Crippen LogP contribution in [0.25, 0.3) is 10.8 Å². The van der Waals surface area contributed by atoms with E-state index in [-0.39, 0.29) is 12.5 Å². The molecule has 0 radical (unpaired) electrons. The molecule has 0 bridgehead atoms. The van der Waals surface area contributed by atoms with Crippen LogP contribution in [0.3, 0.4) is 0 Å². The van der Waals surface area contributed by atoms with Crippen molar-refractivity contribution in [2.45, 2.75) is 32.9 Å². The Labute approximate surface area is 201 Å². The van der Waals surface area contributed by atoms with Gasteiger partial charge in [0.2, 0.25) is 21.8 Å². The first-order valence-corrected chi connectivity index (χ1v) is 13.0. The number of carbonyl (C=O) groups excluding carboxylic acids is 2. The Hall–Kier alpha value is -3.39. The van der Waals surface area contributed by atoms with Crippen LogP contribution in [0.2, 0.25) is 0 Å². The fourth-order valence-corrected chi connectivity index (χ4v) is 4.98. The van der Waals surface area contributed by atoms with Crippen molar-refractivity contribution in [3.8, 4) is 0 Å². The molecule has 0 aromatic heterocycles. The van der Waals surface area contributed by atoms with Crippen LogP contribution in [0.1, 0.15) is 24.5 Å². The molecule has 0 fully saturated rings. The van der Waals surface area contributed by atoms with E-state index in [9.17, 15) is 18.0 Å². The van der Waals surface area contributed by atoms with Gasteiger partial charge in [-0.3, -0.25) is 13.9 Å². The molecule has 3 aromatic carbocycles. The zero-order valence-corrected chi connectivity index (χ0v) is 20.8. The molecule has 0 spiro atoms. The predicted molar refractivity (Wildman–Crippen MR) is 136 cm³/mol. The largest absolute Gasteiger partial charge is 0.357 e. The van der Waals surface area contributed by atoms with Gasteiger partial charge in [-0.2, -0.15) is 0 Å². The van der Waals surface area contributed by atoms with Gasteiger partial charge in [-0.1, -0.05) is 73.2 Å². The normalized spacial score (nSPS) is 12.2. The second kappa shape index (κ2) is 10.7. The third-order valence-corrected chi connectivity index (χ3v) is 6.91. The zero-order valence-electron chi connectivity index (χ0n) is 20.0. The summed E-state index contributed by atoms with van der Waals surface area (Å²) in [6, 6.07) is 19.8. The third kappa shape index (κ3) is 5.75. The van der Waals surface area contributed by atoms with Crippen molar-refractivity contribution in [2.75, 3.05) is 24.2 Å². The van der Waals surface area contributed by atoms with E-state index >= 15 is 0 Å². The average Bonchev–Trinajstić information content (AvgIpc) is 2.81. The van der Waals surface area contributed by atoms with Gasteiger partial charge in [0.25, 0.3) is 0 Å². The van der Waals surface area contributed by atoms with Crippen LogP contribution in [-0.2, 0) is 26.2 Å². The van der Waals surface area contributed by atoms with Gasteiger partial charge < -0.3 is 10.2 Å². The van der Waals surface area contributed by atoms with Gasteiger partial charge in [-0.25, -0.2) is 8.42 Å². The van der Waals surface area contributed by atoms with Crippen molar-refractivity contribution >= 4 is 38.3 Å². The number of nitrogens with one attached hydrogen (secondary N) is 1. The van der Waals surface area contributed by atoms with Gasteiger partial charge >= 0.3 is 0 Å². The van der Waals surface area contributed by atoms with E-state index in [0.29, 0.717) is 12.1 Å². The third-order valence-electron chi connectivity index (χ3n) is 5.78. The molecule has 0 unspecified atom stereocenters. The number of hydrogen-bond donors (Lipinski definition) is 1. The summed E-state index contributed by atoms with van der Waals surface area (Å²) < 4.78 is 26.8. The minimum atomic E-state index is -3.79. The van der Waals surface area contributed by atoms with E-state index in [4.69, 9.17) is 0 Å². The first kappa shape index (κ1) is 25.2. The number of rotatable bonds is 9. The smallest absolute Gasteiger partial charge is 0.244 e.